The number of carbonyl (C=O) groups is 2. The zero-order valence-electron chi connectivity index (χ0n) is 23.9. The lowest BCUT2D eigenvalue weighted by molar-refractivity contribution is -0.274. The fraction of sp³-hybridized carbons (Fsp3) is 0.483. The maximum absolute atomic E-state index is 13.2. The third-order valence-electron chi connectivity index (χ3n) is 7.63. The van der Waals surface area contributed by atoms with Crippen molar-refractivity contribution in [3.63, 3.8) is 0 Å². The Kier molecular flexibility index (Phi) is 9.28. The molecule has 2 aliphatic rings. The summed E-state index contributed by atoms with van der Waals surface area (Å²) in [5.74, 6) is -0.828. The number of ether oxygens (including phenoxy) is 1. The first-order valence-electron chi connectivity index (χ1n) is 14.1. The first kappa shape index (κ1) is 30.8. The Morgan fingerprint density at radius 1 is 1.09 bits per heavy atom. The van der Waals surface area contributed by atoms with Crippen LogP contribution in [0.3, 0.4) is 0 Å². The number of hydrogen-bond donors (Lipinski definition) is 1. The molecule has 10 nitrogen and oxygen atoms in total. The molecular formula is C29H33F3N6O4S. The van der Waals surface area contributed by atoms with Gasteiger partial charge in [0.15, 0.2) is 5.78 Å². The molecule has 0 amide bonds. The third-order valence-corrected chi connectivity index (χ3v) is 8.67. The minimum atomic E-state index is -4.82. The fourth-order valence-corrected chi connectivity index (χ4v) is 6.60. The lowest BCUT2D eigenvalue weighted by Crippen LogP contribution is -2.48. The van der Waals surface area contributed by atoms with Crippen molar-refractivity contribution >= 4 is 28.9 Å². The van der Waals surface area contributed by atoms with E-state index in [1.165, 1.54) is 29.7 Å². The number of benzene rings is 1. The normalized spacial score (nSPS) is 18.3. The summed E-state index contributed by atoms with van der Waals surface area (Å²) in [6.45, 7) is 7.72. The molecule has 3 aromatic rings. The molecule has 0 unspecified atom stereocenters. The van der Waals surface area contributed by atoms with Crippen LogP contribution in [0.1, 0.15) is 45.7 Å². The number of carbonyl (C=O) groups excluding carboxylic acids is 1. The van der Waals surface area contributed by atoms with Crippen molar-refractivity contribution in [1.29, 1.82) is 0 Å². The van der Waals surface area contributed by atoms with E-state index in [2.05, 4.69) is 26.5 Å². The highest BCUT2D eigenvalue weighted by Crippen LogP contribution is 2.35. The van der Waals surface area contributed by atoms with Crippen LogP contribution < -0.4 is 9.64 Å². The van der Waals surface area contributed by atoms with Crippen molar-refractivity contribution in [2.75, 3.05) is 44.2 Å². The van der Waals surface area contributed by atoms with E-state index in [-0.39, 0.29) is 30.2 Å². The number of aromatic nitrogens is 3. The highest BCUT2D eigenvalue weighted by Gasteiger charge is 2.32. The number of halogens is 3. The molecule has 2 aromatic heterocycles. The average molecular weight is 619 g/mol. The topological polar surface area (TPSA) is 112 Å². The van der Waals surface area contributed by atoms with Gasteiger partial charge in [-0.25, -0.2) is 15.0 Å². The van der Waals surface area contributed by atoms with Gasteiger partial charge in [0.2, 0.25) is 0 Å². The van der Waals surface area contributed by atoms with Gasteiger partial charge < -0.3 is 14.7 Å². The average Bonchev–Trinajstić information content (AvgIpc) is 3.53. The van der Waals surface area contributed by atoms with Gasteiger partial charge in [-0.05, 0) is 57.0 Å². The molecule has 5 rings (SSSR count). The smallest absolute Gasteiger partial charge is 0.480 e. The second-order valence-corrected chi connectivity index (χ2v) is 12.1. The van der Waals surface area contributed by atoms with Crippen molar-refractivity contribution < 1.29 is 32.6 Å². The Bertz CT molecular complexity index is 1460. The second-order valence-electron chi connectivity index (χ2n) is 10.9. The molecule has 1 aromatic carbocycles. The molecular weight excluding hydrogens is 585 g/mol. The highest BCUT2D eigenvalue weighted by molar-refractivity contribution is 7.12. The van der Waals surface area contributed by atoms with E-state index in [1.54, 1.807) is 19.2 Å². The Labute approximate surface area is 251 Å². The molecule has 0 radical (unpaired) electrons. The molecule has 43 heavy (non-hydrogen) atoms. The zero-order chi connectivity index (χ0) is 30.7. The Balaban J connectivity index is 1.33. The molecule has 2 saturated heterocycles. The Morgan fingerprint density at radius 2 is 1.86 bits per heavy atom. The molecule has 1 atom stereocenters. The van der Waals surface area contributed by atoms with Crippen LogP contribution >= 0.6 is 11.3 Å². The number of anilines is 1. The number of Topliss-reactive ketones (excluding diaryl/α,β-unsaturated/α-hetero) is 1. The van der Waals surface area contributed by atoms with Gasteiger partial charge in [-0.1, -0.05) is 0 Å². The van der Waals surface area contributed by atoms with E-state index in [0.717, 1.165) is 24.3 Å². The van der Waals surface area contributed by atoms with Crippen LogP contribution in [0.25, 0.3) is 11.3 Å². The molecule has 0 saturated carbocycles. The van der Waals surface area contributed by atoms with E-state index < -0.39 is 12.3 Å². The van der Waals surface area contributed by atoms with Crippen LogP contribution in [0.2, 0.25) is 0 Å². The summed E-state index contributed by atoms with van der Waals surface area (Å²) in [6.07, 6.45) is 0.282. The van der Waals surface area contributed by atoms with Crippen LogP contribution in [0.4, 0.5) is 19.0 Å². The number of piperazine rings is 1. The standard InChI is InChI=1S/C29H33F3N6O4S/c1-18-10-20(12-21(11-18)42-29(30,31)32)28-24(16-38-5-3-4-19(38)2)43-26(35-28)13-23(39)22-14-34-25(15-33-22)37-8-6-36(7-9-37)17-27(40)41/h10-12,14-15,19H,3-9,13,16-17H2,1-2H3,(H,40,41)/t19-/m1/s1. The summed E-state index contributed by atoms with van der Waals surface area (Å²) in [7, 11) is 0. The number of aliphatic carboxylic acids is 1. The summed E-state index contributed by atoms with van der Waals surface area (Å²) < 4.78 is 43.1. The molecule has 0 bridgehead atoms. The number of carboxylic acids is 1. The zero-order valence-corrected chi connectivity index (χ0v) is 24.7. The van der Waals surface area contributed by atoms with Crippen LogP contribution in [-0.2, 0) is 17.8 Å². The van der Waals surface area contributed by atoms with Crippen LogP contribution in [0.5, 0.6) is 5.75 Å². The van der Waals surface area contributed by atoms with Crippen LogP contribution in [-0.4, -0.2) is 93.3 Å². The minimum absolute atomic E-state index is 0.00340. The monoisotopic (exact) mass is 618 g/mol. The number of aryl methyl sites for hydroxylation is 1. The number of alkyl halides is 3. The van der Waals surface area contributed by atoms with Gasteiger partial charge in [0.1, 0.15) is 22.3 Å². The molecule has 1 N–H and O–H groups in total. The van der Waals surface area contributed by atoms with Crippen LogP contribution in [0, 0.1) is 6.92 Å². The van der Waals surface area contributed by atoms with Crippen LogP contribution in [0.15, 0.2) is 30.6 Å². The Hall–Kier alpha value is -3.62. The van der Waals surface area contributed by atoms with E-state index in [4.69, 9.17) is 10.1 Å². The van der Waals surface area contributed by atoms with Crippen molar-refractivity contribution in [3.8, 4) is 17.0 Å². The number of rotatable bonds is 10. The van der Waals surface area contributed by atoms with Crippen molar-refractivity contribution in [2.45, 2.75) is 52.1 Å². The SMILES string of the molecule is Cc1cc(OC(F)(F)F)cc(-c2nc(CC(=O)c3cnc(N4CCN(CC(=O)O)CC4)cn3)sc2CN2CCC[C@H]2C)c1. The fourth-order valence-electron chi connectivity index (χ4n) is 5.48. The van der Waals surface area contributed by atoms with Crippen molar-refractivity contribution in [3.05, 3.63) is 51.7 Å². The third kappa shape index (κ3) is 8.06. The largest absolute Gasteiger partial charge is 0.573 e. The second kappa shape index (κ2) is 12.9. The number of nitrogens with zero attached hydrogens (tertiary/aromatic N) is 6. The summed E-state index contributed by atoms with van der Waals surface area (Å²) in [4.78, 5) is 44.7. The van der Waals surface area contributed by atoms with Gasteiger partial charge in [0, 0.05) is 49.2 Å². The van der Waals surface area contributed by atoms with E-state index in [1.807, 2.05) is 9.80 Å². The molecule has 2 aliphatic heterocycles. The number of hydrogen-bond acceptors (Lipinski definition) is 10. The van der Waals surface area contributed by atoms with Gasteiger partial charge >= 0.3 is 12.3 Å². The summed E-state index contributed by atoms with van der Waals surface area (Å²) in [5, 5.41) is 9.53. The summed E-state index contributed by atoms with van der Waals surface area (Å²) in [5.41, 5.74) is 1.84. The number of thiazole rings is 1. The van der Waals surface area contributed by atoms with E-state index in [0.29, 0.717) is 66.4 Å². The maximum Gasteiger partial charge on any atom is 0.573 e. The summed E-state index contributed by atoms with van der Waals surface area (Å²) >= 11 is 1.38. The Morgan fingerprint density at radius 3 is 2.49 bits per heavy atom. The summed E-state index contributed by atoms with van der Waals surface area (Å²) in [6, 6.07) is 4.81. The predicted octanol–water partition coefficient (Wildman–Crippen LogP) is 4.42. The maximum atomic E-state index is 13.2. The van der Waals surface area contributed by atoms with Gasteiger partial charge in [-0.15, -0.1) is 24.5 Å². The molecule has 0 aliphatic carbocycles. The van der Waals surface area contributed by atoms with Gasteiger partial charge in [0.25, 0.3) is 0 Å². The highest BCUT2D eigenvalue weighted by atomic mass is 32.1. The van der Waals surface area contributed by atoms with E-state index in [9.17, 15) is 22.8 Å². The molecule has 0 spiro atoms. The quantitative estimate of drug-likeness (QED) is 0.328. The first-order valence-corrected chi connectivity index (χ1v) is 14.9. The first-order chi connectivity index (χ1) is 20.4. The van der Waals surface area contributed by atoms with Crippen molar-refractivity contribution in [1.82, 2.24) is 24.8 Å². The molecule has 14 heteroatoms. The van der Waals surface area contributed by atoms with Gasteiger partial charge in [-0.3, -0.25) is 19.4 Å². The minimum Gasteiger partial charge on any atom is -0.480 e. The lowest BCUT2D eigenvalue weighted by Gasteiger charge is -2.34. The van der Waals surface area contributed by atoms with Gasteiger partial charge in [-0.2, -0.15) is 0 Å². The van der Waals surface area contributed by atoms with Crippen molar-refractivity contribution in [2.24, 2.45) is 0 Å². The van der Waals surface area contributed by atoms with E-state index >= 15 is 0 Å². The molecule has 4 heterocycles. The predicted molar refractivity (Wildman–Crippen MR) is 154 cm³/mol. The lowest BCUT2D eigenvalue weighted by atomic mass is 10.1. The number of likely N-dealkylation sites (tertiary alicyclic amines) is 1. The molecule has 2 fully saturated rings. The number of ketones is 1. The molecule has 230 valence electrons. The van der Waals surface area contributed by atoms with Gasteiger partial charge in [0.05, 0.1) is 31.1 Å². The number of carboxylic acid groups (broad SMARTS) is 1.